The van der Waals surface area contributed by atoms with Crippen molar-refractivity contribution < 1.29 is 9.72 Å². The average molecular weight is 369 g/mol. The first-order chi connectivity index (χ1) is 12.8. The molecule has 0 aliphatic heterocycles. The number of hydrogen-bond donors (Lipinski definition) is 1. The van der Waals surface area contributed by atoms with Gasteiger partial charge in [-0.05, 0) is 11.6 Å². The SMILES string of the molecule is Cn1c(=O)c2c(NC(=O)Cc3ccc([N+](=O)[O-])cc3)ccnc2n(C)c1=O. The molecule has 0 radical (unpaired) electrons. The molecule has 0 saturated heterocycles. The van der Waals surface area contributed by atoms with Crippen LogP contribution in [0.2, 0.25) is 0 Å². The van der Waals surface area contributed by atoms with Gasteiger partial charge in [-0.3, -0.25) is 28.8 Å². The lowest BCUT2D eigenvalue weighted by molar-refractivity contribution is -0.384. The molecule has 3 rings (SSSR count). The van der Waals surface area contributed by atoms with E-state index in [9.17, 15) is 24.5 Å². The molecule has 27 heavy (non-hydrogen) atoms. The summed E-state index contributed by atoms with van der Waals surface area (Å²) in [7, 11) is 2.83. The number of nitrogens with one attached hydrogen (secondary N) is 1. The predicted molar refractivity (Wildman–Crippen MR) is 97.7 cm³/mol. The summed E-state index contributed by atoms with van der Waals surface area (Å²) >= 11 is 0. The second kappa shape index (κ2) is 6.83. The van der Waals surface area contributed by atoms with Gasteiger partial charge < -0.3 is 5.32 Å². The molecule has 0 aliphatic rings. The number of nitro groups is 1. The molecule has 0 atom stereocenters. The lowest BCUT2D eigenvalue weighted by Crippen LogP contribution is -2.37. The maximum atomic E-state index is 12.5. The Morgan fingerprint density at radius 3 is 2.44 bits per heavy atom. The molecule has 0 aliphatic carbocycles. The minimum absolute atomic E-state index is 0.0338. The number of aromatic nitrogens is 3. The molecule has 1 N–H and O–H groups in total. The van der Waals surface area contributed by atoms with Crippen molar-refractivity contribution in [3.05, 3.63) is 73.0 Å². The fourth-order valence-corrected chi connectivity index (χ4v) is 2.71. The first-order valence-corrected chi connectivity index (χ1v) is 7.87. The zero-order valence-corrected chi connectivity index (χ0v) is 14.5. The van der Waals surface area contributed by atoms with Crippen LogP contribution >= 0.6 is 0 Å². The second-order valence-corrected chi connectivity index (χ2v) is 5.91. The van der Waals surface area contributed by atoms with Crippen molar-refractivity contribution in [3.8, 4) is 0 Å². The molecule has 1 amide bonds. The van der Waals surface area contributed by atoms with E-state index in [0.29, 0.717) is 5.56 Å². The standard InChI is InChI=1S/C17H15N5O5/c1-20-15-14(16(24)21(2)17(20)25)12(7-8-18-15)19-13(23)9-10-3-5-11(6-4-10)22(26)27/h3-8H,9H2,1-2H3,(H,18,19,23). The summed E-state index contributed by atoms with van der Waals surface area (Å²) in [5.41, 5.74) is -0.166. The molecule has 1 aromatic carbocycles. The monoisotopic (exact) mass is 369 g/mol. The Morgan fingerprint density at radius 1 is 1.15 bits per heavy atom. The predicted octanol–water partition coefficient (Wildman–Crippen LogP) is 0.722. The van der Waals surface area contributed by atoms with E-state index in [1.54, 1.807) is 0 Å². The number of anilines is 1. The van der Waals surface area contributed by atoms with E-state index in [1.165, 1.54) is 55.2 Å². The van der Waals surface area contributed by atoms with Crippen molar-refractivity contribution in [2.75, 3.05) is 5.32 Å². The number of hydrogen-bond acceptors (Lipinski definition) is 6. The van der Waals surface area contributed by atoms with Crippen LogP contribution in [0.4, 0.5) is 11.4 Å². The Balaban J connectivity index is 1.92. The summed E-state index contributed by atoms with van der Waals surface area (Å²) in [6, 6.07) is 7.09. The first kappa shape index (κ1) is 18.0. The van der Waals surface area contributed by atoms with Gasteiger partial charge in [-0.2, -0.15) is 0 Å². The molecular formula is C17H15N5O5. The number of fused-ring (bicyclic) bond motifs is 1. The lowest BCUT2D eigenvalue weighted by Gasteiger charge is -2.11. The van der Waals surface area contributed by atoms with Crippen LogP contribution in [0.25, 0.3) is 11.0 Å². The third-order valence-corrected chi connectivity index (χ3v) is 4.13. The van der Waals surface area contributed by atoms with Gasteiger partial charge in [0.05, 0.1) is 17.0 Å². The highest BCUT2D eigenvalue weighted by Crippen LogP contribution is 2.17. The Labute approximate surface area is 151 Å². The Kier molecular flexibility index (Phi) is 4.55. The third-order valence-electron chi connectivity index (χ3n) is 4.13. The average Bonchev–Trinajstić information content (AvgIpc) is 2.64. The van der Waals surface area contributed by atoms with Crippen LogP contribution in [0.1, 0.15) is 5.56 Å². The molecule has 3 aromatic rings. The molecule has 2 heterocycles. The maximum absolute atomic E-state index is 12.5. The van der Waals surface area contributed by atoms with Crippen LogP contribution < -0.4 is 16.6 Å². The lowest BCUT2D eigenvalue weighted by atomic mass is 10.1. The fraction of sp³-hybridized carbons (Fsp3) is 0.176. The van der Waals surface area contributed by atoms with Gasteiger partial charge in [-0.25, -0.2) is 9.78 Å². The van der Waals surface area contributed by atoms with Crippen molar-refractivity contribution in [1.82, 2.24) is 14.1 Å². The second-order valence-electron chi connectivity index (χ2n) is 5.91. The number of benzene rings is 1. The summed E-state index contributed by atoms with van der Waals surface area (Å²) in [5.74, 6) is -0.410. The van der Waals surface area contributed by atoms with E-state index < -0.39 is 22.1 Å². The van der Waals surface area contributed by atoms with Crippen molar-refractivity contribution in [1.29, 1.82) is 0 Å². The van der Waals surface area contributed by atoms with Gasteiger partial charge in [0.1, 0.15) is 5.39 Å². The number of non-ortho nitro benzene ring substituents is 1. The van der Waals surface area contributed by atoms with Crippen molar-refractivity contribution >= 4 is 28.3 Å². The highest BCUT2D eigenvalue weighted by Gasteiger charge is 2.15. The molecule has 0 spiro atoms. The number of rotatable bonds is 4. The van der Waals surface area contributed by atoms with Crippen LogP contribution in [0.15, 0.2) is 46.1 Å². The molecule has 0 fully saturated rings. The van der Waals surface area contributed by atoms with E-state index in [-0.39, 0.29) is 28.8 Å². The zero-order valence-electron chi connectivity index (χ0n) is 14.5. The number of nitro benzene ring substituents is 1. The summed E-state index contributed by atoms with van der Waals surface area (Å²) in [4.78, 5) is 51.0. The summed E-state index contributed by atoms with van der Waals surface area (Å²) in [6.07, 6.45) is 1.36. The van der Waals surface area contributed by atoms with E-state index in [1.807, 2.05) is 0 Å². The summed E-state index contributed by atoms with van der Waals surface area (Å²) < 4.78 is 2.17. The number of carbonyl (C=O) groups excluding carboxylic acids is 1. The van der Waals surface area contributed by atoms with Crippen LogP contribution in [0.5, 0.6) is 0 Å². The van der Waals surface area contributed by atoms with Gasteiger partial charge in [0.25, 0.3) is 11.2 Å². The van der Waals surface area contributed by atoms with Crippen LogP contribution in [-0.4, -0.2) is 24.9 Å². The molecule has 10 heteroatoms. The molecule has 10 nitrogen and oxygen atoms in total. The first-order valence-electron chi connectivity index (χ1n) is 7.87. The minimum Gasteiger partial charge on any atom is -0.325 e. The largest absolute Gasteiger partial charge is 0.332 e. The molecular weight excluding hydrogens is 354 g/mol. The number of carbonyl (C=O) groups is 1. The quantitative estimate of drug-likeness (QED) is 0.533. The maximum Gasteiger partial charge on any atom is 0.332 e. The smallest absolute Gasteiger partial charge is 0.325 e. The molecule has 0 saturated carbocycles. The Bertz CT molecular complexity index is 1180. The van der Waals surface area contributed by atoms with Gasteiger partial charge in [0.2, 0.25) is 5.91 Å². The van der Waals surface area contributed by atoms with Gasteiger partial charge in [0, 0.05) is 32.4 Å². The van der Waals surface area contributed by atoms with E-state index >= 15 is 0 Å². The molecule has 0 bridgehead atoms. The highest BCUT2D eigenvalue weighted by molar-refractivity contribution is 6.00. The van der Waals surface area contributed by atoms with Gasteiger partial charge >= 0.3 is 5.69 Å². The molecule has 138 valence electrons. The molecule has 2 aromatic heterocycles. The van der Waals surface area contributed by atoms with Crippen LogP contribution in [-0.2, 0) is 25.3 Å². The van der Waals surface area contributed by atoms with Crippen molar-refractivity contribution in [2.45, 2.75) is 6.42 Å². The van der Waals surface area contributed by atoms with E-state index in [4.69, 9.17) is 0 Å². The number of nitrogens with zero attached hydrogens (tertiary/aromatic N) is 4. The third kappa shape index (κ3) is 3.32. The van der Waals surface area contributed by atoms with Crippen LogP contribution in [0.3, 0.4) is 0 Å². The number of aryl methyl sites for hydroxylation is 1. The minimum atomic E-state index is -0.563. The van der Waals surface area contributed by atoms with Crippen molar-refractivity contribution in [3.63, 3.8) is 0 Å². The summed E-state index contributed by atoms with van der Waals surface area (Å²) in [6.45, 7) is 0. The molecule has 0 unspecified atom stereocenters. The van der Waals surface area contributed by atoms with E-state index in [2.05, 4.69) is 10.3 Å². The Morgan fingerprint density at radius 2 is 1.81 bits per heavy atom. The highest BCUT2D eigenvalue weighted by atomic mass is 16.6. The van der Waals surface area contributed by atoms with Crippen molar-refractivity contribution in [2.24, 2.45) is 14.1 Å². The number of pyridine rings is 1. The zero-order chi connectivity index (χ0) is 19.7. The Hall–Kier alpha value is -3.82. The van der Waals surface area contributed by atoms with Gasteiger partial charge in [-0.1, -0.05) is 12.1 Å². The fourth-order valence-electron chi connectivity index (χ4n) is 2.71. The van der Waals surface area contributed by atoms with Gasteiger partial charge in [0.15, 0.2) is 5.65 Å². The summed E-state index contributed by atoms with van der Waals surface area (Å²) in [5, 5.41) is 13.4. The van der Waals surface area contributed by atoms with E-state index in [0.717, 1.165) is 4.57 Å². The van der Waals surface area contributed by atoms with Crippen LogP contribution in [0, 0.1) is 10.1 Å². The topological polar surface area (TPSA) is 129 Å². The number of amides is 1. The van der Waals surface area contributed by atoms with Gasteiger partial charge in [-0.15, -0.1) is 0 Å². The normalized spacial score (nSPS) is 10.7.